The fraction of sp³-hybridized carbons (Fsp3) is 0.762. The molecule has 5 N–H and O–H groups in total. The number of hydrogen-bond donors (Lipinski definition) is 3. The minimum absolute atomic E-state index is 0.0135. The Balaban J connectivity index is 2.11. The number of nitrogens with zero attached hydrogens (tertiary/aromatic N) is 1. The summed E-state index contributed by atoms with van der Waals surface area (Å²) in [7, 11) is 1.74. The van der Waals surface area contributed by atoms with Crippen molar-refractivity contribution in [2.75, 3.05) is 20.2 Å². The molecule has 2 rings (SSSR count). The zero-order chi connectivity index (χ0) is 20.7. The molecule has 1 aliphatic carbocycles. The molecule has 7 nitrogen and oxygen atoms in total. The Morgan fingerprint density at radius 1 is 1.18 bits per heavy atom. The smallest absolute Gasteiger partial charge is 0.342 e. The number of nitrogens with two attached hydrogens (primary N) is 2. The SMILES string of the molecule is COC1CN(/C(N)=C(/C=C(/C)N)C(=O)OC(C)C)CC[C@H]1NC1CCCCC1. The molecular weight excluding hydrogens is 356 g/mol. The van der Waals surface area contributed by atoms with Crippen LogP contribution in [0.2, 0.25) is 0 Å². The third-order valence-corrected chi connectivity index (χ3v) is 5.47. The summed E-state index contributed by atoms with van der Waals surface area (Å²) in [5.41, 5.74) is 13.0. The van der Waals surface area contributed by atoms with E-state index in [-0.39, 0.29) is 12.2 Å². The van der Waals surface area contributed by atoms with E-state index < -0.39 is 5.97 Å². The Kier molecular flexibility index (Phi) is 8.63. The van der Waals surface area contributed by atoms with Gasteiger partial charge >= 0.3 is 5.97 Å². The molecule has 1 aliphatic heterocycles. The van der Waals surface area contributed by atoms with Crippen LogP contribution in [0.5, 0.6) is 0 Å². The summed E-state index contributed by atoms with van der Waals surface area (Å²) in [5, 5.41) is 3.80. The van der Waals surface area contributed by atoms with Gasteiger partial charge in [-0.05, 0) is 46.1 Å². The zero-order valence-corrected chi connectivity index (χ0v) is 17.9. The van der Waals surface area contributed by atoms with E-state index >= 15 is 0 Å². The van der Waals surface area contributed by atoms with Crippen LogP contribution >= 0.6 is 0 Å². The molecule has 7 heteroatoms. The normalized spacial score (nSPS) is 25.6. The van der Waals surface area contributed by atoms with Crippen molar-refractivity contribution in [3.63, 3.8) is 0 Å². The molecule has 0 aromatic heterocycles. The maximum absolute atomic E-state index is 12.5. The number of carbonyl (C=O) groups excluding carboxylic acids is 1. The second-order valence-corrected chi connectivity index (χ2v) is 8.26. The van der Waals surface area contributed by atoms with Crippen molar-refractivity contribution in [1.29, 1.82) is 0 Å². The Labute approximate surface area is 169 Å². The lowest BCUT2D eigenvalue weighted by molar-refractivity contribution is -0.142. The predicted octanol–water partition coefficient (Wildman–Crippen LogP) is 1.98. The summed E-state index contributed by atoms with van der Waals surface area (Å²) in [6.45, 7) is 6.74. The van der Waals surface area contributed by atoms with Gasteiger partial charge in [-0.15, -0.1) is 0 Å². The standard InChI is InChI=1S/C21H38N4O3/c1-14(2)28-21(26)17(12-15(3)22)20(23)25-11-10-18(19(13-25)27-4)24-16-8-6-5-7-9-16/h12,14,16,18-19,24H,5-11,13,22-23H2,1-4H3/b15-12-,20-17-/t18-,19?/m1/s1. The summed E-state index contributed by atoms with van der Waals surface area (Å²) >= 11 is 0. The molecule has 0 aromatic rings. The fourth-order valence-corrected chi connectivity index (χ4v) is 4.05. The van der Waals surface area contributed by atoms with Gasteiger partial charge in [-0.1, -0.05) is 19.3 Å². The average molecular weight is 395 g/mol. The number of hydrogen-bond acceptors (Lipinski definition) is 7. The number of piperidine rings is 1. The van der Waals surface area contributed by atoms with Crippen LogP contribution < -0.4 is 16.8 Å². The molecule has 1 unspecified atom stereocenters. The first kappa shape index (κ1) is 22.6. The van der Waals surface area contributed by atoms with Crippen LogP contribution in [0.3, 0.4) is 0 Å². The molecule has 0 aromatic carbocycles. The molecule has 1 saturated carbocycles. The number of likely N-dealkylation sites (tertiary alicyclic amines) is 1. The predicted molar refractivity (Wildman–Crippen MR) is 111 cm³/mol. The number of methoxy groups -OCH3 is 1. The van der Waals surface area contributed by atoms with E-state index in [0.717, 1.165) is 13.0 Å². The first-order valence-electron chi connectivity index (χ1n) is 10.5. The van der Waals surface area contributed by atoms with Gasteiger partial charge in [-0.3, -0.25) is 0 Å². The maximum atomic E-state index is 12.5. The van der Waals surface area contributed by atoms with Gasteiger partial charge in [0.1, 0.15) is 11.4 Å². The lowest BCUT2D eigenvalue weighted by atomic mass is 9.92. The average Bonchev–Trinajstić information content (AvgIpc) is 2.66. The first-order chi connectivity index (χ1) is 13.3. The Morgan fingerprint density at radius 3 is 2.43 bits per heavy atom. The number of carbonyl (C=O) groups is 1. The molecule has 2 fully saturated rings. The van der Waals surface area contributed by atoms with Gasteiger partial charge in [0.05, 0.1) is 12.2 Å². The van der Waals surface area contributed by atoms with E-state index in [0.29, 0.717) is 35.7 Å². The minimum Gasteiger partial charge on any atom is -0.459 e. The van der Waals surface area contributed by atoms with Crippen LogP contribution in [0.25, 0.3) is 0 Å². The van der Waals surface area contributed by atoms with Crippen LogP contribution in [-0.4, -0.2) is 55.4 Å². The van der Waals surface area contributed by atoms with E-state index in [1.807, 2.05) is 18.7 Å². The Bertz CT molecular complexity index is 578. The number of esters is 1. The van der Waals surface area contributed by atoms with E-state index in [9.17, 15) is 4.79 Å². The lowest BCUT2D eigenvalue weighted by Gasteiger charge is -2.41. The molecule has 28 heavy (non-hydrogen) atoms. The number of nitrogens with one attached hydrogen (secondary N) is 1. The fourth-order valence-electron chi connectivity index (χ4n) is 4.05. The minimum atomic E-state index is -0.450. The maximum Gasteiger partial charge on any atom is 0.342 e. The van der Waals surface area contributed by atoms with Crippen molar-refractivity contribution < 1.29 is 14.3 Å². The van der Waals surface area contributed by atoms with Gasteiger partial charge < -0.3 is 31.2 Å². The van der Waals surface area contributed by atoms with E-state index in [1.165, 1.54) is 32.1 Å². The third-order valence-electron chi connectivity index (χ3n) is 5.47. The highest BCUT2D eigenvalue weighted by Crippen LogP contribution is 2.23. The lowest BCUT2D eigenvalue weighted by Crippen LogP contribution is -2.56. The molecule has 2 atom stereocenters. The first-order valence-corrected chi connectivity index (χ1v) is 10.5. The quantitative estimate of drug-likeness (QED) is 0.345. The van der Waals surface area contributed by atoms with Crippen molar-refractivity contribution in [2.45, 2.75) is 83.6 Å². The van der Waals surface area contributed by atoms with Crippen LogP contribution in [-0.2, 0) is 14.3 Å². The second-order valence-electron chi connectivity index (χ2n) is 8.26. The van der Waals surface area contributed by atoms with Crippen LogP contribution in [0.1, 0.15) is 59.3 Å². The molecule has 0 spiro atoms. The highest BCUT2D eigenvalue weighted by molar-refractivity contribution is 5.92. The van der Waals surface area contributed by atoms with Gasteiger partial charge in [0.15, 0.2) is 0 Å². The van der Waals surface area contributed by atoms with E-state index in [1.54, 1.807) is 20.1 Å². The number of rotatable bonds is 7. The molecule has 1 saturated heterocycles. The van der Waals surface area contributed by atoms with Crippen molar-refractivity contribution >= 4 is 5.97 Å². The van der Waals surface area contributed by atoms with E-state index in [4.69, 9.17) is 20.9 Å². The van der Waals surface area contributed by atoms with E-state index in [2.05, 4.69) is 5.32 Å². The number of ether oxygens (including phenoxy) is 2. The summed E-state index contributed by atoms with van der Waals surface area (Å²) < 4.78 is 11.1. The Morgan fingerprint density at radius 2 is 1.86 bits per heavy atom. The van der Waals surface area contributed by atoms with Crippen molar-refractivity contribution in [2.24, 2.45) is 11.5 Å². The highest BCUT2D eigenvalue weighted by atomic mass is 16.5. The molecule has 0 bridgehead atoms. The highest BCUT2D eigenvalue weighted by Gasteiger charge is 2.32. The summed E-state index contributed by atoms with van der Waals surface area (Å²) in [6.07, 6.45) is 8.72. The monoisotopic (exact) mass is 394 g/mol. The van der Waals surface area contributed by atoms with Crippen molar-refractivity contribution in [3.8, 4) is 0 Å². The largest absolute Gasteiger partial charge is 0.459 e. The van der Waals surface area contributed by atoms with Gasteiger partial charge in [-0.25, -0.2) is 4.79 Å². The van der Waals surface area contributed by atoms with Crippen molar-refractivity contribution in [3.05, 3.63) is 23.2 Å². The molecule has 160 valence electrons. The molecule has 0 radical (unpaired) electrons. The van der Waals surface area contributed by atoms with Crippen LogP contribution in [0.15, 0.2) is 23.2 Å². The van der Waals surface area contributed by atoms with Gasteiger partial charge in [-0.2, -0.15) is 0 Å². The van der Waals surface area contributed by atoms with Gasteiger partial charge in [0.2, 0.25) is 0 Å². The zero-order valence-electron chi connectivity index (χ0n) is 17.9. The summed E-state index contributed by atoms with van der Waals surface area (Å²) in [4.78, 5) is 14.5. The van der Waals surface area contributed by atoms with Crippen LogP contribution in [0, 0.1) is 0 Å². The number of allylic oxidation sites excluding steroid dienone is 1. The molecule has 1 heterocycles. The van der Waals surface area contributed by atoms with Crippen molar-refractivity contribution in [1.82, 2.24) is 10.2 Å². The van der Waals surface area contributed by atoms with Gasteiger partial charge in [0, 0.05) is 38.0 Å². The third kappa shape index (κ3) is 6.41. The Hall–Kier alpha value is -1.73. The topological polar surface area (TPSA) is 103 Å². The molecule has 2 aliphatic rings. The summed E-state index contributed by atoms with van der Waals surface area (Å²) in [5.74, 6) is -0.0534. The second kappa shape index (κ2) is 10.7. The molecular formula is C21H38N4O3. The van der Waals surface area contributed by atoms with Gasteiger partial charge in [0.25, 0.3) is 0 Å². The summed E-state index contributed by atoms with van der Waals surface area (Å²) in [6, 6.07) is 0.880. The molecule has 0 amide bonds. The van der Waals surface area contributed by atoms with Crippen LogP contribution in [0.4, 0.5) is 0 Å².